The first-order chi connectivity index (χ1) is 11.9. The van der Waals surface area contributed by atoms with Crippen LogP contribution >= 0.6 is 46.4 Å². The number of aliphatic hydroxyl groups is 2. The molecule has 0 amide bonds. The summed E-state index contributed by atoms with van der Waals surface area (Å²) < 4.78 is -2.46. The van der Waals surface area contributed by atoms with E-state index in [1.54, 1.807) is 24.3 Å². The molecule has 2 nitrogen and oxygen atoms in total. The Morgan fingerprint density at radius 2 is 1.40 bits per heavy atom. The molecule has 1 atom stereocenters. The van der Waals surface area contributed by atoms with Crippen LogP contribution in [0.2, 0.25) is 0 Å². The Labute approximate surface area is 173 Å². The first-order valence-corrected chi connectivity index (χ1v) is 10.6. The van der Waals surface area contributed by atoms with Crippen molar-refractivity contribution in [3.8, 4) is 0 Å². The van der Waals surface area contributed by atoms with Gasteiger partial charge in [-0.25, -0.2) is 0 Å². The fourth-order valence-corrected chi connectivity index (χ4v) is 5.94. The minimum atomic E-state index is -1.56. The Balaban J connectivity index is 2.42. The summed E-state index contributed by atoms with van der Waals surface area (Å²) in [5, 5.41) is 20.1. The Kier molecular flexibility index (Phi) is 7.69. The Bertz CT molecular complexity index is 722. The Morgan fingerprint density at radius 1 is 0.880 bits per heavy atom. The van der Waals surface area contributed by atoms with Crippen LogP contribution in [-0.4, -0.2) is 42.2 Å². The minimum absolute atomic E-state index is 0.305. The van der Waals surface area contributed by atoms with Gasteiger partial charge in [0.15, 0.2) is 0 Å². The molecule has 0 aromatic heterocycles. The molecule has 2 N–H and O–H groups in total. The van der Waals surface area contributed by atoms with Crippen LogP contribution in [0.3, 0.4) is 0 Å². The molecule has 1 unspecified atom stereocenters. The van der Waals surface area contributed by atoms with Crippen molar-refractivity contribution in [1.29, 1.82) is 0 Å². The van der Waals surface area contributed by atoms with E-state index in [9.17, 15) is 10.2 Å². The number of halogens is 4. The predicted molar refractivity (Wildman–Crippen MR) is 108 cm³/mol. The van der Waals surface area contributed by atoms with Gasteiger partial charge in [0.05, 0.1) is 0 Å². The van der Waals surface area contributed by atoms with Crippen LogP contribution in [-0.2, 0) is 4.33 Å². The molecule has 134 valence electrons. The second-order valence-corrected chi connectivity index (χ2v) is 11.0. The zero-order chi connectivity index (χ0) is 18.5. The summed E-state index contributed by atoms with van der Waals surface area (Å²) in [5.74, 6) is 0. The van der Waals surface area contributed by atoms with Crippen LogP contribution in [0.4, 0.5) is 0 Å². The van der Waals surface area contributed by atoms with Crippen molar-refractivity contribution >= 4 is 66.4 Å². The van der Waals surface area contributed by atoms with Crippen molar-refractivity contribution in [3.63, 3.8) is 0 Å². The molecule has 0 aliphatic heterocycles. The molecule has 2 rings (SSSR count). The molecule has 0 saturated heterocycles. The molecule has 0 saturated carbocycles. The summed E-state index contributed by atoms with van der Waals surface area (Å²) in [5.41, 5.74) is 1.32. The summed E-state index contributed by atoms with van der Waals surface area (Å²) in [7, 11) is 0. The summed E-state index contributed by atoms with van der Waals surface area (Å²) in [4.78, 5) is 0. The molecule has 0 heterocycles. The van der Waals surface area contributed by atoms with E-state index < -0.39 is 29.7 Å². The topological polar surface area (TPSA) is 40.5 Å². The first-order valence-electron chi connectivity index (χ1n) is 7.33. The normalized spacial score (nSPS) is 15.4. The van der Waals surface area contributed by atoms with E-state index in [1.165, 1.54) is 0 Å². The van der Waals surface area contributed by atoms with Crippen molar-refractivity contribution in [3.05, 3.63) is 76.3 Å². The van der Waals surface area contributed by atoms with Crippen LogP contribution < -0.4 is 0 Å². The molecule has 0 aliphatic carbocycles. The van der Waals surface area contributed by atoms with Crippen LogP contribution in [0.25, 0.3) is 5.03 Å². The second kappa shape index (κ2) is 9.12. The number of aliphatic hydroxyl groups excluding tert-OH is 2. The van der Waals surface area contributed by atoms with E-state index in [0.717, 1.165) is 5.56 Å². The Hall–Kier alpha value is -0.221. The van der Waals surface area contributed by atoms with Gasteiger partial charge in [0.2, 0.25) is 0 Å². The van der Waals surface area contributed by atoms with Crippen LogP contribution in [0, 0.1) is 0 Å². The average Bonchev–Trinajstić information content (AvgIpc) is 2.66. The van der Waals surface area contributed by atoms with Gasteiger partial charge in [-0.3, -0.25) is 0 Å². The molecule has 7 heteroatoms. The van der Waals surface area contributed by atoms with Gasteiger partial charge in [0.1, 0.15) is 0 Å². The molecule has 25 heavy (non-hydrogen) atoms. The molecule has 2 aromatic carbocycles. The molecular weight excluding hydrogens is 469 g/mol. The van der Waals surface area contributed by atoms with E-state index in [0.29, 0.717) is 15.1 Å². The summed E-state index contributed by atoms with van der Waals surface area (Å²) in [6.07, 6.45) is 0. The first kappa shape index (κ1) is 21.1. The quantitative estimate of drug-likeness (QED) is 0.447. The van der Waals surface area contributed by atoms with Crippen molar-refractivity contribution in [2.24, 2.45) is 0 Å². The van der Waals surface area contributed by atoms with Gasteiger partial charge in [0.25, 0.3) is 0 Å². The van der Waals surface area contributed by atoms with Crippen LogP contribution in [0.15, 0.2) is 65.1 Å². The van der Waals surface area contributed by atoms with Gasteiger partial charge in [-0.15, -0.1) is 0 Å². The SMILES string of the molecule is OC/C([Se]C(Cl)(CO)C(Cl)(Cl)c1ccccc1)=C(/Cl)c1ccccc1. The maximum absolute atomic E-state index is 9.95. The predicted octanol–water partition coefficient (Wildman–Crippen LogP) is 4.55. The zero-order valence-electron chi connectivity index (χ0n) is 13.0. The van der Waals surface area contributed by atoms with E-state index in [2.05, 4.69) is 0 Å². The molecule has 2 aromatic rings. The van der Waals surface area contributed by atoms with Gasteiger partial charge in [-0.2, -0.15) is 0 Å². The zero-order valence-corrected chi connectivity index (χ0v) is 17.7. The second-order valence-electron chi connectivity index (χ2n) is 5.19. The summed E-state index contributed by atoms with van der Waals surface area (Å²) in [6, 6.07) is 18.1. The van der Waals surface area contributed by atoms with E-state index in [-0.39, 0.29) is 6.61 Å². The molecule has 0 aliphatic rings. The number of benzene rings is 2. The van der Waals surface area contributed by atoms with Crippen molar-refractivity contribution in [1.82, 2.24) is 0 Å². The number of hydrogen-bond donors (Lipinski definition) is 2. The molecule has 0 bridgehead atoms. The van der Waals surface area contributed by atoms with Gasteiger partial charge in [-0.1, -0.05) is 0 Å². The molecule has 0 radical (unpaired) electrons. The third-order valence-electron chi connectivity index (χ3n) is 3.51. The fraction of sp³-hybridized carbons (Fsp3) is 0.222. The number of alkyl halides is 3. The van der Waals surface area contributed by atoms with Crippen LogP contribution in [0.5, 0.6) is 0 Å². The third kappa shape index (κ3) is 4.74. The van der Waals surface area contributed by atoms with E-state index in [4.69, 9.17) is 46.4 Å². The maximum atomic E-state index is 9.95. The molecular formula is C18H16Cl4O2Se. The standard InChI is InChI=1S/C18H16Cl4O2Se/c19-16(13-7-3-1-4-8-13)15(11-23)25-17(20,12-24)18(21,22)14-9-5-2-6-10-14/h1-10,23-24H,11-12H2/b16-15-. The number of rotatable bonds is 7. The average molecular weight is 485 g/mol. The third-order valence-corrected chi connectivity index (χ3v) is 9.61. The summed E-state index contributed by atoms with van der Waals surface area (Å²) >= 11 is 25.5. The van der Waals surface area contributed by atoms with Crippen molar-refractivity contribution < 1.29 is 10.2 Å². The monoisotopic (exact) mass is 484 g/mol. The van der Waals surface area contributed by atoms with E-state index >= 15 is 0 Å². The van der Waals surface area contributed by atoms with E-state index in [1.807, 2.05) is 36.4 Å². The van der Waals surface area contributed by atoms with Gasteiger partial charge in [0, 0.05) is 0 Å². The summed E-state index contributed by atoms with van der Waals surface area (Å²) in [6.45, 7) is -0.778. The Morgan fingerprint density at radius 3 is 1.88 bits per heavy atom. The van der Waals surface area contributed by atoms with Crippen molar-refractivity contribution in [2.75, 3.05) is 13.2 Å². The fourth-order valence-electron chi connectivity index (χ4n) is 2.15. The number of hydrogen-bond acceptors (Lipinski definition) is 2. The van der Waals surface area contributed by atoms with Crippen molar-refractivity contribution in [2.45, 2.75) is 8.11 Å². The molecule has 0 fully saturated rings. The van der Waals surface area contributed by atoms with Crippen LogP contribution in [0.1, 0.15) is 11.1 Å². The van der Waals surface area contributed by atoms with Gasteiger partial charge in [-0.05, 0) is 0 Å². The van der Waals surface area contributed by atoms with Gasteiger partial charge >= 0.3 is 174 Å². The van der Waals surface area contributed by atoms with Gasteiger partial charge < -0.3 is 0 Å². The molecule has 0 spiro atoms.